The molecule has 0 aromatic carbocycles. The van der Waals surface area contributed by atoms with Crippen LogP contribution in [0.3, 0.4) is 0 Å². The first-order valence-corrected chi connectivity index (χ1v) is 9.93. The van der Waals surface area contributed by atoms with Gasteiger partial charge in [0.2, 0.25) is 0 Å². The number of hydrogen-bond donors (Lipinski definition) is 1. The molecule has 0 radical (unpaired) electrons. The van der Waals surface area contributed by atoms with Crippen molar-refractivity contribution in [3.05, 3.63) is 83.3 Å². The second-order valence-electron chi connectivity index (χ2n) is 7.07. The molecule has 0 unspecified atom stereocenters. The van der Waals surface area contributed by atoms with Crippen molar-refractivity contribution in [3.63, 3.8) is 0 Å². The van der Waals surface area contributed by atoms with Crippen molar-refractivity contribution < 1.29 is 22.4 Å². The van der Waals surface area contributed by atoms with Crippen molar-refractivity contribution in [3.8, 4) is 0 Å². The molecular formula is C22H18ClF3N4O2. The molecular weight excluding hydrogens is 445 g/mol. The van der Waals surface area contributed by atoms with Crippen LogP contribution < -0.4 is 5.32 Å². The van der Waals surface area contributed by atoms with Crippen LogP contribution in [-0.4, -0.2) is 40.3 Å². The molecule has 0 bridgehead atoms. The first-order valence-electron chi connectivity index (χ1n) is 9.55. The normalized spacial score (nSPS) is 14.7. The molecule has 1 N–H and O–H groups in total. The standard InChI is InChI=1S/C22H18ClF3N4O2/c1-3-13(10-27-2)15-9-16(22(24,25)26)20-28-18(19(23)30(20)12-15)21(31)29-7-6-14(11-29)17-5-4-8-32-17/h3-6,8-10,12,27H,1,7,11H2,2H3/b13-10+. The lowest BCUT2D eigenvalue weighted by Crippen LogP contribution is -2.29. The van der Waals surface area contributed by atoms with E-state index in [1.165, 1.54) is 29.6 Å². The van der Waals surface area contributed by atoms with Gasteiger partial charge in [0.05, 0.1) is 11.8 Å². The first kappa shape index (κ1) is 21.8. The first-order chi connectivity index (χ1) is 15.2. The highest BCUT2D eigenvalue weighted by Crippen LogP contribution is 2.36. The number of aromatic nitrogens is 2. The van der Waals surface area contributed by atoms with Gasteiger partial charge in [-0.3, -0.25) is 9.20 Å². The van der Waals surface area contributed by atoms with Crippen molar-refractivity contribution in [1.82, 2.24) is 19.6 Å². The summed E-state index contributed by atoms with van der Waals surface area (Å²) in [6.45, 7) is 4.14. The van der Waals surface area contributed by atoms with E-state index in [-0.39, 0.29) is 29.5 Å². The predicted molar refractivity (Wildman–Crippen MR) is 115 cm³/mol. The Morgan fingerprint density at radius 3 is 2.81 bits per heavy atom. The Hall–Kier alpha value is -3.46. The van der Waals surface area contributed by atoms with E-state index in [0.717, 1.165) is 16.0 Å². The third kappa shape index (κ3) is 3.80. The number of nitrogens with zero attached hydrogens (tertiary/aromatic N) is 3. The van der Waals surface area contributed by atoms with Crippen LogP contribution in [0.1, 0.15) is 27.4 Å². The number of amides is 1. The van der Waals surface area contributed by atoms with Gasteiger partial charge < -0.3 is 14.6 Å². The van der Waals surface area contributed by atoms with E-state index in [2.05, 4.69) is 16.9 Å². The van der Waals surface area contributed by atoms with Crippen LogP contribution in [0.2, 0.25) is 5.15 Å². The van der Waals surface area contributed by atoms with Gasteiger partial charge in [-0.15, -0.1) is 0 Å². The Morgan fingerprint density at radius 2 is 2.19 bits per heavy atom. The number of furan rings is 1. The fraction of sp³-hybridized carbons (Fsp3) is 0.182. The molecule has 4 heterocycles. The zero-order chi connectivity index (χ0) is 23.0. The van der Waals surface area contributed by atoms with Crippen molar-refractivity contribution in [1.29, 1.82) is 0 Å². The summed E-state index contributed by atoms with van der Waals surface area (Å²) < 4.78 is 47.9. The molecule has 4 rings (SSSR count). The van der Waals surface area contributed by atoms with Crippen LogP contribution >= 0.6 is 11.6 Å². The van der Waals surface area contributed by atoms with Crippen molar-refractivity contribution >= 4 is 34.3 Å². The number of alkyl halides is 3. The number of rotatable bonds is 5. The number of fused-ring (bicyclic) bond motifs is 1. The van der Waals surface area contributed by atoms with Crippen LogP contribution in [0.15, 0.2) is 60.0 Å². The Morgan fingerprint density at radius 1 is 1.41 bits per heavy atom. The number of pyridine rings is 1. The molecule has 1 amide bonds. The fourth-order valence-corrected chi connectivity index (χ4v) is 3.79. The summed E-state index contributed by atoms with van der Waals surface area (Å²) in [5.74, 6) is 0.0552. The largest absolute Gasteiger partial charge is 0.465 e. The highest BCUT2D eigenvalue weighted by Gasteiger charge is 2.37. The van der Waals surface area contributed by atoms with Gasteiger partial charge in [0.15, 0.2) is 11.3 Å². The quantitative estimate of drug-likeness (QED) is 0.549. The van der Waals surface area contributed by atoms with Gasteiger partial charge in [0.1, 0.15) is 10.9 Å². The van der Waals surface area contributed by atoms with E-state index in [0.29, 0.717) is 11.3 Å². The molecule has 166 valence electrons. The van der Waals surface area contributed by atoms with Gasteiger partial charge >= 0.3 is 6.18 Å². The maximum Gasteiger partial charge on any atom is 0.420 e. The minimum atomic E-state index is -4.71. The topological polar surface area (TPSA) is 62.8 Å². The lowest BCUT2D eigenvalue weighted by Gasteiger charge is -2.14. The molecule has 3 aromatic heterocycles. The number of allylic oxidation sites excluding steroid dienone is 2. The number of imidazole rings is 1. The zero-order valence-electron chi connectivity index (χ0n) is 16.9. The highest BCUT2D eigenvalue weighted by atomic mass is 35.5. The summed E-state index contributed by atoms with van der Waals surface area (Å²) in [6, 6.07) is 4.46. The summed E-state index contributed by atoms with van der Waals surface area (Å²) in [5, 5.41) is 2.57. The minimum Gasteiger partial charge on any atom is -0.465 e. The van der Waals surface area contributed by atoms with Crippen molar-refractivity contribution in [2.75, 3.05) is 20.1 Å². The molecule has 1 aliphatic rings. The molecule has 0 aliphatic carbocycles. The highest BCUT2D eigenvalue weighted by molar-refractivity contribution is 6.33. The smallest absolute Gasteiger partial charge is 0.420 e. The predicted octanol–water partition coefficient (Wildman–Crippen LogP) is 4.89. The molecule has 0 fully saturated rings. The number of hydrogen-bond acceptors (Lipinski definition) is 4. The van der Waals surface area contributed by atoms with E-state index in [1.54, 1.807) is 19.2 Å². The molecule has 1 aliphatic heterocycles. The lowest BCUT2D eigenvalue weighted by molar-refractivity contribution is -0.136. The number of carbonyl (C=O) groups is 1. The van der Waals surface area contributed by atoms with Gasteiger partial charge in [-0.2, -0.15) is 13.2 Å². The average molecular weight is 463 g/mol. The summed E-state index contributed by atoms with van der Waals surface area (Å²) >= 11 is 6.37. The lowest BCUT2D eigenvalue weighted by atomic mass is 10.1. The summed E-state index contributed by atoms with van der Waals surface area (Å²) in [7, 11) is 1.62. The number of carbonyl (C=O) groups excluding carboxylic acids is 1. The number of halogens is 4. The molecule has 0 atom stereocenters. The second kappa shape index (κ2) is 8.23. The Bertz CT molecular complexity index is 1260. The summed E-state index contributed by atoms with van der Waals surface area (Å²) in [5.41, 5.74) is -0.258. The fourth-order valence-electron chi connectivity index (χ4n) is 3.53. The van der Waals surface area contributed by atoms with Gasteiger partial charge in [0, 0.05) is 43.7 Å². The third-order valence-corrected chi connectivity index (χ3v) is 5.43. The molecule has 0 saturated heterocycles. The molecule has 10 heteroatoms. The molecule has 0 spiro atoms. The van der Waals surface area contributed by atoms with E-state index < -0.39 is 23.3 Å². The monoisotopic (exact) mass is 462 g/mol. The maximum atomic E-state index is 13.8. The van der Waals surface area contributed by atoms with Crippen molar-refractivity contribution in [2.24, 2.45) is 0 Å². The zero-order valence-corrected chi connectivity index (χ0v) is 17.7. The molecule has 6 nitrogen and oxygen atoms in total. The van der Waals surface area contributed by atoms with E-state index in [1.807, 2.05) is 6.08 Å². The molecule has 3 aromatic rings. The van der Waals surface area contributed by atoms with Gasteiger partial charge in [-0.25, -0.2) is 4.98 Å². The minimum absolute atomic E-state index is 0.198. The maximum absolute atomic E-state index is 13.8. The summed E-state index contributed by atoms with van der Waals surface area (Å²) in [6.07, 6.45) is 2.96. The third-order valence-electron chi connectivity index (χ3n) is 5.07. The van der Waals surface area contributed by atoms with Gasteiger partial charge in [-0.05, 0) is 23.8 Å². The van der Waals surface area contributed by atoms with Crippen LogP contribution in [0.4, 0.5) is 13.2 Å². The summed E-state index contributed by atoms with van der Waals surface area (Å²) in [4.78, 5) is 18.5. The Balaban J connectivity index is 1.77. The molecule has 32 heavy (non-hydrogen) atoms. The average Bonchev–Trinajstić information content (AvgIpc) is 3.50. The van der Waals surface area contributed by atoms with Gasteiger partial charge in [-0.1, -0.05) is 30.3 Å². The van der Waals surface area contributed by atoms with Crippen LogP contribution in [0, 0.1) is 0 Å². The Labute approximate surface area is 186 Å². The number of nitrogens with one attached hydrogen (secondary N) is 1. The Kier molecular flexibility index (Phi) is 5.60. The van der Waals surface area contributed by atoms with Crippen LogP contribution in [0.5, 0.6) is 0 Å². The van der Waals surface area contributed by atoms with Crippen LogP contribution in [0.25, 0.3) is 16.8 Å². The van der Waals surface area contributed by atoms with E-state index >= 15 is 0 Å². The second-order valence-corrected chi connectivity index (χ2v) is 7.43. The SMILES string of the molecule is C=C/C(=C\NC)c1cc(C(F)(F)F)c2nc(C(=O)N3CC=C(c4ccco4)C3)c(Cl)n2c1. The van der Waals surface area contributed by atoms with Crippen LogP contribution in [-0.2, 0) is 6.18 Å². The molecule has 0 saturated carbocycles. The van der Waals surface area contributed by atoms with Gasteiger partial charge in [0.25, 0.3) is 5.91 Å². The van der Waals surface area contributed by atoms with E-state index in [4.69, 9.17) is 16.0 Å². The van der Waals surface area contributed by atoms with Crippen molar-refractivity contribution in [2.45, 2.75) is 6.18 Å². The van der Waals surface area contributed by atoms with E-state index in [9.17, 15) is 18.0 Å².